The summed E-state index contributed by atoms with van der Waals surface area (Å²) in [7, 11) is 0. The quantitative estimate of drug-likeness (QED) is 0.545. The molecule has 3 heterocycles. The molecule has 0 atom stereocenters. The second kappa shape index (κ2) is 6.90. The molecule has 0 saturated heterocycles. The summed E-state index contributed by atoms with van der Waals surface area (Å²) in [5, 5.41) is 1.87. The lowest BCUT2D eigenvalue weighted by molar-refractivity contribution is 0.232. The number of hydrogen-bond donors (Lipinski definition) is 1. The number of nitrogens with zero attached hydrogens (tertiary/aromatic N) is 2. The Morgan fingerprint density at radius 3 is 2.59 bits per heavy atom. The van der Waals surface area contributed by atoms with Crippen LogP contribution in [0.2, 0.25) is 0 Å². The van der Waals surface area contributed by atoms with Crippen LogP contribution in [0.5, 0.6) is 0 Å². The first-order chi connectivity index (χ1) is 12.9. The first kappa shape index (κ1) is 17.9. The largest absolute Gasteiger partial charge is 0.306 e. The monoisotopic (exact) mass is 395 g/mol. The van der Waals surface area contributed by atoms with Crippen LogP contribution in [0.4, 0.5) is 17.6 Å². The van der Waals surface area contributed by atoms with Crippen molar-refractivity contribution in [1.82, 2.24) is 14.9 Å². The number of rotatable bonds is 3. The number of aromatic nitrogens is 2. The van der Waals surface area contributed by atoms with E-state index in [2.05, 4.69) is 9.97 Å². The maximum absolute atomic E-state index is 13.9. The van der Waals surface area contributed by atoms with Crippen LogP contribution in [0.1, 0.15) is 16.8 Å². The Hall–Kier alpha value is -2.52. The lowest BCUT2D eigenvalue weighted by atomic mass is 10.1. The summed E-state index contributed by atoms with van der Waals surface area (Å²) in [6, 6.07) is 3.87. The van der Waals surface area contributed by atoms with E-state index in [0.29, 0.717) is 30.0 Å². The molecule has 0 unspecified atom stereocenters. The van der Waals surface area contributed by atoms with Crippen LogP contribution in [0.15, 0.2) is 28.4 Å². The summed E-state index contributed by atoms with van der Waals surface area (Å²) >= 11 is 1.45. The van der Waals surface area contributed by atoms with Gasteiger partial charge in [-0.05, 0) is 11.4 Å². The van der Waals surface area contributed by atoms with E-state index < -0.39 is 28.8 Å². The zero-order valence-electron chi connectivity index (χ0n) is 13.9. The maximum Gasteiger partial charge on any atom is 0.255 e. The molecule has 4 rings (SSSR count). The predicted molar refractivity (Wildman–Crippen MR) is 92.3 cm³/mol. The predicted octanol–water partition coefficient (Wildman–Crippen LogP) is 3.61. The summed E-state index contributed by atoms with van der Waals surface area (Å²) in [4.78, 5) is 22.0. The molecule has 0 aliphatic carbocycles. The zero-order valence-corrected chi connectivity index (χ0v) is 14.7. The molecule has 1 aromatic carbocycles. The number of H-pyrrole nitrogens is 1. The van der Waals surface area contributed by atoms with E-state index in [1.54, 1.807) is 4.90 Å². The Labute approximate surface area is 155 Å². The van der Waals surface area contributed by atoms with Gasteiger partial charge < -0.3 is 4.98 Å². The molecule has 1 aliphatic rings. The van der Waals surface area contributed by atoms with Crippen LogP contribution in [0, 0.1) is 23.3 Å². The Morgan fingerprint density at radius 1 is 1.19 bits per heavy atom. The maximum atomic E-state index is 13.9. The summed E-state index contributed by atoms with van der Waals surface area (Å²) in [5.74, 6) is -5.24. The van der Waals surface area contributed by atoms with Crippen molar-refractivity contribution in [2.24, 2.45) is 0 Å². The van der Waals surface area contributed by atoms with Crippen LogP contribution < -0.4 is 5.56 Å². The van der Waals surface area contributed by atoms with Crippen molar-refractivity contribution in [3.8, 4) is 10.7 Å². The minimum absolute atomic E-state index is 0.0827. The molecular formula is C18H13F4N3OS. The summed E-state index contributed by atoms with van der Waals surface area (Å²) in [6.07, 6.45) is 0.388. The van der Waals surface area contributed by atoms with Gasteiger partial charge in [0.1, 0.15) is 0 Å². The number of fused-ring (bicyclic) bond motifs is 1. The fourth-order valence-corrected chi connectivity index (χ4v) is 3.80. The molecule has 0 radical (unpaired) electrons. The second-order valence-electron chi connectivity index (χ2n) is 6.22. The van der Waals surface area contributed by atoms with Crippen LogP contribution in [-0.2, 0) is 19.5 Å². The molecule has 4 nitrogen and oxygen atoms in total. The summed E-state index contributed by atoms with van der Waals surface area (Å²) < 4.78 is 54.6. The third-order valence-corrected chi connectivity index (χ3v) is 5.36. The van der Waals surface area contributed by atoms with Gasteiger partial charge in [-0.15, -0.1) is 11.3 Å². The van der Waals surface area contributed by atoms with E-state index in [-0.39, 0.29) is 24.7 Å². The van der Waals surface area contributed by atoms with Gasteiger partial charge in [0.25, 0.3) is 5.56 Å². The van der Waals surface area contributed by atoms with Gasteiger partial charge in [0.05, 0.1) is 16.1 Å². The van der Waals surface area contributed by atoms with Gasteiger partial charge >= 0.3 is 0 Å². The van der Waals surface area contributed by atoms with Crippen LogP contribution in [-0.4, -0.2) is 21.4 Å². The van der Waals surface area contributed by atoms with Crippen LogP contribution in [0.3, 0.4) is 0 Å². The molecule has 9 heteroatoms. The van der Waals surface area contributed by atoms with Gasteiger partial charge in [0.15, 0.2) is 29.1 Å². The lowest BCUT2D eigenvalue weighted by Gasteiger charge is -2.28. The van der Waals surface area contributed by atoms with E-state index in [9.17, 15) is 22.4 Å². The molecular weight excluding hydrogens is 382 g/mol. The number of thiophene rings is 1. The average Bonchev–Trinajstić information content (AvgIpc) is 3.18. The topological polar surface area (TPSA) is 49.0 Å². The number of benzene rings is 1. The Morgan fingerprint density at radius 2 is 1.93 bits per heavy atom. The van der Waals surface area contributed by atoms with Gasteiger partial charge in [-0.25, -0.2) is 22.5 Å². The minimum atomic E-state index is -1.44. The van der Waals surface area contributed by atoms with Crippen LogP contribution in [0.25, 0.3) is 10.7 Å². The molecule has 3 aromatic rings. The number of hydrogen-bond acceptors (Lipinski definition) is 4. The van der Waals surface area contributed by atoms with Crippen molar-refractivity contribution < 1.29 is 17.6 Å². The normalized spacial score (nSPS) is 14.4. The zero-order chi connectivity index (χ0) is 19.1. The minimum Gasteiger partial charge on any atom is -0.306 e. The first-order valence-corrected chi connectivity index (χ1v) is 9.02. The van der Waals surface area contributed by atoms with Crippen molar-refractivity contribution in [3.63, 3.8) is 0 Å². The first-order valence-electron chi connectivity index (χ1n) is 8.14. The molecule has 27 heavy (non-hydrogen) atoms. The van der Waals surface area contributed by atoms with Gasteiger partial charge in [0, 0.05) is 37.7 Å². The van der Waals surface area contributed by atoms with Crippen molar-refractivity contribution in [2.75, 3.05) is 6.54 Å². The molecule has 0 fully saturated rings. The fraction of sp³-hybridized carbons (Fsp3) is 0.222. The molecule has 0 bridgehead atoms. The highest BCUT2D eigenvalue weighted by Crippen LogP contribution is 2.25. The SMILES string of the molecule is O=c1[nH]c(-c2cccs2)nc2c1CN(Cc1c(F)c(F)cc(F)c1F)CC2. The highest BCUT2D eigenvalue weighted by molar-refractivity contribution is 7.13. The molecule has 2 aromatic heterocycles. The van der Waals surface area contributed by atoms with Gasteiger partial charge in [-0.1, -0.05) is 6.07 Å². The van der Waals surface area contributed by atoms with E-state index in [1.807, 2.05) is 17.5 Å². The number of nitrogens with one attached hydrogen (secondary N) is 1. The summed E-state index contributed by atoms with van der Waals surface area (Å²) in [6.45, 7) is 0.0850. The van der Waals surface area contributed by atoms with Crippen LogP contribution >= 0.6 is 11.3 Å². The Kier molecular flexibility index (Phi) is 4.56. The summed E-state index contributed by atoms with van der Waals surface area (Å²) in [5.41, 5.74) is -0.0148. The standard InChI is InChI=1S/C18H13F4N3OS/c19-11-6-12(20)16(22)10(15(11)21)8-25-4-3-13-9(7-25)18(26)24-17(23-13)14-2-1-5-27-14/h1-2,5-6H,3-4,7-8H2,(H,23,24,26). The number of halogens is 4. The highest BCUT2D eigenvalue weighted by atomic mass is 32.1. The highest BCUT2D eigenvalue weighted by Gasteiger charge is 2.26. The molecule has 140 valence electrons. The van der Waals surface area contributed by atoms with E-state index in [1.165, 1.54) is 11.3 Å². The molecule has 0 spiro atoms. The average molecular weight is 395 g/mol. The molecule has 1 N–H and O–H groups in total. The van der Waals surface area contributed by atoms with E-state index in [4.69, 9.17) is 0 Å². The van der Waals surface area contributed by atoms with Gasteiger partial charge in [-0.2, -0.15) is 0 Å². The molecule has 1 aliphatic heterocycles. The van der Waals surface area contributed by atoms with Crippen molar-refractivity contribution in [1.29, 1.82) is 0 Å². The van der Waals surface area contributed by atoms with Gasteiger partial charge in [-0.3, -0.25) is 9.69 Å². The fourth-order valence-electron chi connectivity index (χ4n) is 3.13. The Bertz CT molecular complexity index is 1040. The van der Waals surface area contributed by atoms with E-state index >= 15 is 0 Å². The van der Waals surface area contributed by atoms with Crippen molar-refractivity contribution >= 4 is 11.3 Å². The van der Waals surface area contributed by atoms with Crippen molar-refractivity contribution in [3.05, 3.63) is 74.0 Å². The molecule has 0 saturated carbocycles. The third-order valence-electron chi connectivity index (χ3n) is 4.49. The lowest BCUT2D eigenvalue weighted by Crippen LogP contribution is -2.36. The Balaban J connectivity index is 1.62. The van der Waals surface area contributed by atoms with Gasteiger partial charge in [0.2, 0.25) is 0 Å². The van der Waals surface area contributed by atoms with Crippen molar-refractivity contribution in [2.45, 2.75) is 19.5 Å². The third kappa shape index (κ3) is 3.28. The number of aromatic amines is 1. The van der Waals surface area contributed by atoms with E-state index in [0.717, 1.165) is 4.88 Å². The smallest absolute Gasteiger partial charge is 0.255 e. The molecule has 0 amide bonds. The second-order valence-corrected chi connectivity index (χ2v) is 7.17.